The molecule has 2 aliphatic carbocycles. The zero-order valence-electron chi connectivity index (χ0n) is 32.4. The van der Waals surface area contributed by atoms with E-state index in [1.165, 1.54) is 66.0 Å². The number of rotatable bonds is 5. The van der Waals surface area contributed by atoms with E-state index < -0.39 is 5.41 Å². The molecule has 0 saturated heterocycles. The minimum atomic E-state index is -0.461. The van der Waals surface area contributed by atoms with Crippen LogP contribution in [0, 0.1) is 0 Å². The summed E-state index contributed by atoms with van der Waals surface area (Å²) in [7, 11) is 0. The van der Waals surface area contributed by atoms with Crippen LogP contribution in [0.1, 0.15) is 22.3 Å². The average molecular weight is 763 g/mol. The maximum atomic E-state index is 5.18. The van der Waals surface area contributed by atoms with Crippen molar-refractivity contribution in [2.75, 3.05) is 0 Å². The number of benzene rings is 9. The fourth-order valence-electron chi connectivity index (χ4n) is 10.5. The molecule has 11 aromatic rings. The van der Waals surface area contributed by atoms with Crippen molar-refractivity contribution in [1.82, 2.24) is 19.5 Å². The first-order chi connectivity index (χ1) is 29.8. The van der Waals surface area contributed by atoms with Gasteiger partial charge < -0.3 is 4.57 Å². The smallest absolute Gasteiger partial charge is 0.164 e. The fourth-order valence-corrected chi connectivity index (χ4v) is 10.5. The van der Waals surface area contributed by atoms with Crippen molar-refractivity contribution in [2.24, 2.45) is 0 Å². The predicted octanol–water partition coefficient (Wildman–Crippen LogP) is 13.5. The highest BCUT2D eigenvalue weighted by Gasteiger charge is 2.50. The van der Waals surface area contributed by atoms with E-state index in [2.05, 4.69) is 174 Å². The van der Waals surface area contributed by atoms with Crippen LogP contribution in [0.2, 0.25) is 0 Å². The van der Waals surface area contributed by atoms with Gasteiger partial charge in [-0.3, -0.25) is 0 Å². The van der Waals surface area contributed by atoms with E-state index >= 15 is 0 Å². The van der Waals surface area contributed by atoms with Crippen LogP contribution in [0.5, 0.6) is 0 Å². The van der Waals surface area contributed by atoms with E-state index in [9.17, 15) is 0 Å². The number of nitrogens with zero attached hydrogens (tertiary/aromatic N) is 4. The lowest BCUT2D eigenvalue weighted by Crippen LogP contribution is -2.30. The van der Waals surface area contributed by atoms with Crippen LogP contribution in [-0.2, 0) is 5.41 Å². The van der Waals surface area contributed by atoms with Crippen LogP contribution in [-0.4, -0.2) is 19.5 Å². The van der Waals surface area contributed by atoms with Gasteiger partial charge in [-0.25, -0.2) is 15.0 Å². The summed E-state index contributed by atoms with van der Waals surface area (Å²) < 4.78 is 2.50. The molecular weight excluding hydrogens is 729 g/mol. The van der Waals surface area contributed by atoms with Gasteiger partial charge in [0.1, 0.15) is 0 Å². The molecule has 0 unspecified atom stereocenters. The molecule has 60 heavy (non-hydrogen) atoms. The second kappa shape index (κ2) is 12.5. The number of aromatic nitrogens is 4. The van der Waals surface area contributed by atoms with Gasteiger partial charge in [0.25, 0.3) is 0 Å². The zero-order chi connectivity index (χ0) is 39.4. The van der Waals surface area contributed by atoms with Crippen molar-refractivity contribution in [3.8, 4) is 62.1 Å². The summed E-state index contributed by atoms with van der Waals surface area (Å²) in [6, 6.07) is 74.3. The molecule has 0 aliphatic heterocycles. The maximum absolute atomic E-state index is 5.18. The molecule has 0 amide bonds. The molecule has 9 aromatic carbocycles. The Morgan fingerprint density at radius 1 is 0.300 bits per heavy atom. The minimum absolute atomic E-state index is 0.461. The molecule has 2 aromatic heterocycles. The fraction of sp³-hybridized carbons (Fsp3) is 0.0179. The lowest BCUT2D eigenvalue weighted by molar-refractivity contribution is 0.783. The monoisotopic (exact) mass is 762 g/mol. The quantitative estimate of drug-likeness (QED) is 0.175. The van der Waals surface area contributed by atoms with Crippen LogP contribution in [0.3, 0.4) is 0 Å². The van der Waals surface area contributed by atoms with Crippen LogP contribution < -0.4 is 0 Å². The summed E-state index contributed by atoms with van der Waals surface area (Å²) in [5, 5.41) is 5.20. The molecule has 2 heterocycles. The molecule has 0 saturated carbocycles. The molecule has 2 aliphatic rings. The predicted molar refractivity (Wildman–Crippen MR) is 244 cm³/mol. The second-order valence-electron chi connectivity index (χ2n) is 15.8. The van der Waals surface area contributed by atoms with Gasteiger partial charge in [-0.2, -0.15) is 0 Å². The van der Waals surface area contributed by atoms with E-state index in [1.807, 2.05) is 36.4 Å². The SMILES string of the molecule is c1ccc(-c2nc(-c3ccccc3)nc(-c3ccccc3-c3ccccc3-n3c4cccc5c4c4c6c(cccc6ccc43)C53c4ccccc4-c4ccccc43)n2)cc1. The molecule has 278 valence electrons. The highest BCUT2D eigenvalue weighted by molar-refractivity contribution is 6.26. The van der Waals surface area contributed by atoms with E-state index in [4.69, 9.17) is 15.0 Å². The first kappa shape index (κ1) is 33.1. The van der Waals surface area contributed by atoms with Crippen LogP contribution in [0.15, 0.2) is 206 Å². The van der Waals surface area contributed by atoms with Crippen LogP contribution >= 0.6 is 0 Å². The van der Waals surface area contributed by atoms with Crippen molar-refractivity contribution >= 4 is 32.6 Å². The Hall–Kier alpha value is -7.95. The lowest BCUT2D eigenvalue weighted by Gasteiger charge is -2.37. The standard InChI is InChI=1S/C56H34N4/c1-3-17-36(18-4-1)53-57-54(37-19-5-2-6-20-37)59-55(58-53)42-26-8-7-22-38(42)41-25-11-14-31-47(41)60-48-32-16-30-46-51(48)52-49(60)34-33-35-21-15-29-45(50(35)52)56(46)43-27-12-9-23-39(43)40-24-10-13-28-44(40)56/h1-34H. The van der Waals surface area contributed by atoms with E-state index in [0.29, 0.717) is 17.5 Å². The first-order valence-corrected chi connectivity index (χ1v) is 20.5. The number of fused-ring (bicyclic) bond motifs is 7. The Morgan fingerprint density at radius 2 is 0.783 bits per heavy atom. The van der Waals surface area contributed by atoms with E-state index in [1.54, 1.807) is 0 Å². The normalized spacial score (nSPS) is 13.1. The van der Waals surface area contributed by atoms with Gasteiger partial charge in [0.05, 0.1) is 22.1 Å². The van der Waals surface area contributed by atoms with Gasteiger partial charge in [-0.1, -0.05) is 188 Å². The molecule has 13 rings (SSSR count). The van der Waals surface area contributed by atoms with Crippen molar-refractivity contribution in [3.63, 3.8) is 0 Å². The number of hydrogen-bond acceptors (Lipinski definition) is 3. The van der Waals surface area contributed by atoms with E-state index in [0.717, 1.165) is 33.5 Å². The molecule has 4 heteroatoms. The Kier molecular flexibility index (Phi) is 6.90. The molecule has 0 bridgehead atoms. The summed E-state index contributed by atoms with van der Waals surface area (Å²) in [4.78, 5) is 15.4. The summed E-state index contributed by atoms with van der Waals surface area (Å²) in [5.74, 6) is 1.91. The molecule has 0 N–H and O–H groups in total. The minimum Gasteiger partial charge on any atom is -0.309 e. The largest absolute Gasteiger partial charge is 0.309 e. The van der Waals surface area contributed by atoms with Crippen molar-refractivity contribution in [3.05, 3.63) is 229 Å². The zero-order valence-corrected chi connectivity index (χ0v) is 32.4. The summed E-state index contributed by atoms with van der Waals surface area (Å²) in [6.45, 7) is 0. The third-order valence-corrected chi connectivity index (χ3v) is 12.9. The van der Waals surface area contributed by atoms with Gasteiger partial charge in [0, 0.05) is 33.0 Å². The molecule has 4 nitrogen and oxygen atoms in total. The third kappa shape index (κ3) is 4.42. The summed E-state index contributed by atoms with van der Waals surface area (Å²) in [5.41, 5.74) is 16.0. The van der Waals surface area contributed by atoms with Gasteiger partial charge in [0.15, 0.2) is 17.5 Å². The average Bonchev–Trinajstić information content (AvgIpc) is 3.82. The van der Waals surface area contributed by atoms with Crippen molar-refractivity contribution in [1.29, 1.82) is 0 Å². The summed E-state index contributed by atoms with van der Waals surface area (Å²) in [6.07, 6.45) is 0. The molecule has 0 radical (unpaired) electrons. The van der Waals surface area contributed by atoms with E-state index in [-0.39, 0.29) is 0 Å². The highest BCUT2D eigenvalue weighted by atomic mass is 15.0. The summed E-state index contributed by atoms with van der Waals surface area (Å²) >= 11 is 0. The maximum Gasteiger partial charge on any atom is 0.164 e. The van der Waals surface area contributed by atoms with Gasteiger partial charge in [-0.15, -0.1) is 0 Å². The number of hydrogen-bond donors (Lipinski definition) is 0. The Bertz CT molecular complexity index is 3440. The molecule has 0 atom stereocenters. The van der Waals surface area contributed by atoms with Gasteiger partial charge >= 0.3 is 0 Å². The van der Waals surface area contributed by atoms with Crippen molar-refractivity contribution in [2.45, 2.75) is 5.41 Å². The first-order valence-electron chi connectivity index (χ1n) is 20.5. The topological polar surface area (TPSA) is 43.6 Å². The van der Waals surface area contributed by atoms with Crippen molar-refractivity contribution < 1.29 is 0 Å². The number of para-hydroxylation sites is 1. The third-order valence-electron chi connectivity index (χ3n) is 12.9. The second-order valence-corrected chi connectivity index (χ2v) is 15.8. The molecular formula is C56H34N4. The van der Waals surface area contributed by atoms with Gasteiger partial charge in [-0.05, 0) is 67.9 Å². The van der Waals surface area contributed by atoms with Crippen LogP contribution in [0.4, 0.5) is 0 Å². The Morgan fingerprint density at radius 3 is 1.45 bits per heavy atom. The molecule has 0 fully saturated rings. The Balaban J connectivity index is 1.09. The highest BCUT2D eigenvalue weighted by Crippen LogP contribution is 2.62. The van der Waals surface area contributed by atoms with Gasteiger partial charge in [0.2, 0.25) is 0 Å². The Labute approximate surface area is 346 Å². The van der Waals surface area contributed by atoms with Crippen LogP contribution in [0.25, 0.3) is 94.7 Å². The molecule has 1 spiro atoms. The lowest BCUT2D eigenvalue weighted by atomic mass is 9.63.